The van der Waals surface area contributed by atoms with Crippen molar-refractivity contribution >= 4 is 62.3 Å². The number of benzene rings is 2. The molecule has 2 aliphatic heterocycles. The molecule has 178 valence electrons. The van der Waals surface area contributed by atoms with E-state index in [2.05, 4.69) is 14.7 Å². The van der Waals surface area contributed by atoms with E-state index in [9.17, 15) is 4.79 Å². The van der Waals surface area contributed by atoms with Gasteiger partial charge >= 0.3 is 0 Å². The minimum Gasteiger partial charge on any atom is -0.492 e. The largest absolute Gasteiger partial charge is 0.492 e. The number of amidine groups is 2. The lowest BCUT2D eigenvalue weighted by atomic mass is 10.1. The van der Waals surface area contributed by atoms with Crippen LogP contribution in [0.3, 0.4) is 0 Å². The molecule has 9 heteroatoms. The number of nitrogens with zero attached hydrogens (tertiary/aromatic N) is 4. The molecule has 3 heterocycles. The van der Waals surface area contributed by atoms with Crippen LogP contribution in [0.1, 0.15) is 25.0 Å². The van der Waals surface area contributed by atoms with Gasteiger partial charge in [0.15, 0.2) is 5.84 Å². The van der Waals surface area contributed by atoms with Gasteiger partial charge in [0.2, 0.25) is 5.17 Å². The molecule has 0 radical (unpaired) electrons. The van der Waals surface area contributed by atoms with Gasteiger partial charge in [-0.2, -0.15) is 15.1 Å². The SMILES string of the molecule is Cc1cc(OCCn2cc(C=C3C(=N)N4N=C(C(C)C)SC4=NC3=O)c3ccccc32)ccc1Cl. The molecule has 7 nitrogen and oxygen atoms in total. The van der Waals surface area contributed by atoms with Gasteiger partial charge < -0.3 is 9.30 Å². The molecular weight excluding hydrogens is 482 g/mol. The average molecular weight is 506 g/mol. The molecule has 0 aliphatic carbocycles. The summed E-state index contributed by atoms with van der Waals surface area (Å²) in [6.07, 6.45) is 3.72. The molecule has 0 unspecified atom stereocenters. The number of para-hydroxylation sites is 1. The molecule has 2 aromatic carbocycles. The molecule has 3 aromatic rings. The number of thioether (sulfide) groups is 1. The van der Waals surface area contributed by atoms with Crippen LogP contribution < -0.4 is 4.74 Å². The molecule has 2 aliphatic rings. The summed E-state index contributed by atoms with van der Waals surface area (Å²) in [5.74, 6) is 0.583. The van der Waals surface area contributed by atoms with Gasteiger partial charge in [0, 0.05) is 33.6 Å². The van der Waals surface area contributed by atoms with E-state index in [1.807, 2.05) is 69.4 Å². The first-order valence-corrected chi connectivity index (χ1v) is 12.5. The normalized spacial score (nSPS) is 16.8. The van der Waals surface area contributed by atoms with Crippen LogP contribution in [0.2, 0.25) is 5.02 Å². The topological polar surface area (TPSA) is 83.0 Å². The van der Waals surface area contributed by atoms with Crippen LogP contribution in [0.15, 0.2) is 64.3 Å². The summed E-state index contributed by atoms with van der Waals surface area (Å²) in [6, 6.07) is 13.6. The smallest absolute Gasteiger partial charge is 0.283 e. The van der Waals surface area contributed by atoms with Gasteiger partial charge in [-0.25, -0.2) is 0 Å². The second-order valence-electron chi connectivity index (χ2n) is 8.67. The van der Waals surface area contributed by atoms with Crippen molar-refractivity contribution in [3.8, 4) is 5.75 Å². The Morgan fingerprint density at radius 2 is 2.03 bits per heavy atom. The first-order chi connectivity index (χ1) is 16.8. The number of hydrazone groups is 1. The van der Waals surface area contributed by atoms with Crippen molar-refractivity contribution in [3.63, 3.8) is 0 Å². The van der Waals surface area contributed by atoms with E-state index in [1.54, 1.807) is 6.08 Å². The fourth-order valence-corrected chi connectivity index (χ4v) is 4.95. The van der Waals surface area contributed by atoms with Crippen molar-refractivity contribution in [3.05, 3.63) is 70.4 Å². The number of amides is 1. The Bertz CT molecular complexity index is 1450. The average Bonchev–Trinajstić information content (AvgIpc) is 3.41. The van der Waals surface area contributed by atoms with Crippen molar-refractivity contribution in [2.24, 2.45) is 16.0 Å². The minimum atomic E-state index is -0.424. The Balaban J connectivity index is 1.42. The summed E-state index contributed by atoms with van der Waals surface area (Å²) < 4.78 is 8.03. The third kappa shape index (κ3) is 4.51. The third-order valence-electron chi connectivity index (χ3n) is 5.81. The number of carbonyl (C=O) groups is 1. The van der Waals surface area contributed by atoms with Crippen molar-refractivity contribution in [2.45, 2.75) is 27.3 Å². The zero-order valence-corrected chi connectivity index (χ0v) is 21.2. The van der Waals surface area contributed by atoms with E-state index in [0.717, 1.165) is 32.8 Å². The van der Waals surface area contributed by atoms with E-state index >= 15 is 0 Å². The van der Waals surface area contributed by atoms with E-state index in [0.29, 0.717) is 23.3 Å². The van der Waals surface area contributed by atoms with Crippen LogP contribution >= 0.6 is 23.4 Å². The van der Waals surface area contributed by atoms with Gasteiger partial charge in [0.25, 0.3) is 5.91 Å². The highest BCUT2D eigenvalue weighted by Gasteiger charge is 2.36. The Hall–Kier alpha value is -3.36. The maximum Gasteiger partial charge on any atom is 0.283 e. The van der Waals surface area contributed by atoms with Gasteiger partial charge in [-0.1, -0.05) is 43.6 Å². The van der Waals surface area contributed by atoms with E-state index in [4.69, 9.17) is 21.7 Å². The van der Waals surface area contributed by atoms with Crippen molar-refractivity contribution in [1.82, 2.24) is 9.58 Å². The number of nitrogens with one attached hydrogen (secondary N) is 1. The predicted molar refractivity (Wildman–Crippen MR) is 143 cm³/mol. The maximum absolute atomic E-state index is 12.8. The molecule has 0 fully saturated rings. The minimum absolute atomic E-state index is 0.0430. The summed E-state index contributed by atoms with van der Waals surface area (Å²) >= 11 is 7.45. The van der Waals surface area contributed by atoms with Gasteiger partial charge in [0.05, 0.1) is 12.1 Å². The van der Waals surface area contributed by atoms with Crippen molar-refractivity contribution in [1.29, 1.82) is 5.41 Å². The van der Waals surface area contributed by atoms with E-state index in [1.165, 1.54) is 16.8 Å². The van der Waals surface area contributed by atoms with Crippen LogP contribution in [-0.4, -0.2) is 38.1 Å². The van der Waals surface area contributed by atoms with Crippen LogP contribution in [-0.2, 0) is 11.3 Å². The fraction of sp³-hybridized carbons (Fsp3) is 0.231. The number of aryl methyl sites for hydroxylation is 1. The number of aromatic nitrogens is 1. The van der Waals surface area contributed by atoms with E-state index < -0.39 is 5.91 Å². The van der Waals surface area contributed by atoms with Crippen molar-refractivity contribution < 1.29 is 9.53 Å². The predicted octanol–water partition coefficient (Wildman–Crippen LogP) is 5.96. The zero-order valence-electron chi connectivity index (χ0n) is 19.6. The van der Waals surface area contributed by atoms with E-state index in [-0.39, 0.29) is 17.3 Å². The lowest BCUT2D eigenvalue weighted by molar-refractivity contribution is -0.114. The lowest BCUT2D eigenvalue weighted by Crippen LogP contribution is -2.35. The third-order valence-corrected chi connectivity index (χ3v) is 7.45. The number of hydrogen-bond acceptors (Lipinski definition) is 5. The Morgan fingerprint density at radius 3 is 2.80 bits per heavy atom. The monoisotopic (exact) mass is 505 g/mol. The Morgan fingerprint density at radius 1 is 1.23 bits per heavy atom. The number of rotatable bonds is 6. The number of ether oxygens (including phenoxy) is 1. The summed E-state index contributed by atoms with van der Waals surface area (Å²) in [6.45, 7) is 7.08. The molecule has 0 saturated heterocycles. The molecule has 1 aromatic heterocycles. The van der Waals surface area contributed by atoms with Gasteiger partial charge in [-0.05, 0) is 54.6 Å². The summed E-state index contributed by atoms with van der Waals surface area (Å²) in [5, 5.41) is 17.6. The molecule has 0 saturated carbocycles. The van der Waals surface area contributed by atoms with Gasteiger partial charge in [-0.3, -0.25) is 10.2 Å². The van der Waals surface area contributed by atoms with Crippen LogP contribution in [0.5, 0.6) is 5.75 Å². The highest BCUT2D eigenvalue weighted by atomic mass is 35.5. The zero-order chi connectivity index (χ0) is 24.7. The van der Waals surface area contributed by atoms with Crippen LogP contribution in [0.4, 0.5) is 0 Å². The number of carbonyl (C=O) groups excluding carboxylic acids is 1. The maximum atomic E-state index is 12.8. The number of fused-ring (bicyclic) bond motifs is 2. The van der Waals surface area contributed by atoms with Crippen molar-refractivity contribution in [2.75, 3.05) is 6.61 Å². The second kappa shape index (κ2) is 9.36. The summed E-state index contributed by atoms with van der Waals surface area (Å²) in [4.78, 5) is 17.0. The standard InChI is InChI=1S/C26H24ClN5O2S/c1-15(2)25-30-32-23(28)20(24(33)29-26(32)35-25)13-17-14-31(22-7-5-4-6-19(17)22)10-11-34-18-8-9-21(27)16(3)12-18/h4-9,12-15,28H,10-11H2,1-3H3. The molecule has 5 rings (SSSR count). The summed E-state index contributed by atoms with van der Waals surface area (Å²) in [7, 11) is 0. The molecular formula is C26H24ClN5O2S. The molecule has 0 atom stereocenters. The Labute approximate surface area is 212 Å². The molecule has 0 bridgehead atoms. The molecule has 1 amide bonds. The molecule has 0 spiro atoms. The Kier molecular flexibility index (Phi) is 6.25. The number of hydrogen-bond donors (Lipinski definition) is 1. The second-order valence-corrected chi connectivity index (χ2v) is 10.1. The van der Waals surface area contributed by atoms with Crippen LogP contribution in [0, 0.1) is 18.3 Å². The molecule has 1 N–H and O–H groups in total. The lowest BCUT2D eigenvalue weighted by Gasteiger charge is -2.20. The quantitative estimate of drug-likeness (QED) is 0.419. The highest BCUT2D eigenvalue weighted by Crippen LogP contribution is 2.32. The first-order valence-electron chi connectivity index (χ1n) is 11.3. The first kappa shape index (κ1) is 23.4. The summed E-state index contributed by atoms with van der Waals surface area (Å²) in [5.41, 5.74) is 3.05. The fourth-order valence-electron chi connectivity index (χ4n) is 3.94. The molecule has 35 heavy (non-hydrogen) atoms. The van der Waals surface area contributed by atoms with Crippen LogP contribution in [0.25, 0.3) is 17.0 Å². The number of halogens is 1. The number of aliphatic imine (C=N–C) groups is 1. The highest BCUT2D eigenvalue weighted by molar-refractivity contribution is 8.27. The van der Waals surface area contributed by atoms with Gasteiger partial charge in [0.1, 0.15) is 17.4 Å². The van der Waals surface area contributed by atoms with Gasteiger partial charge in [-0.15, -0.1) is 0 Å².